The van der Waals surface area contributed by atoms with Crippen LogP contribution in [0.3, 0.4) is 0 Å². The molecule has 0 radical (unpaired) electrons. The molecule has 0 unspecified atom stereocenters. The second-order valence-electron chi connectivity index (χ2n) is 7.49. The summed E-state index contributed by atoms with van der Waals surface area (Å²) in [6, 6.07) is 2.77. The minimum absolute atomic E-state index is 0.0110. The van der Waals surface area contributed by atoms with Crippen LogP contribution in [0.1, 0.15) is 35.0 Å². The van der Waals surface area contributed by atoms with Gasteiger partial charge in [-0.2, -0.15) is 9.19 Å². The van der Waals surface area contributed by atoms with E-state index in [1.807, 2.05) is 0 Å². The fourth-order valence-corrected chi connectivity index (χ4v) is 4.94. The van der Waals surface area contributed by atoms with E-state index in [0.29, 0.717) is 31.8 Å². The molecule has 152 valence electrons. The molecule has 2 aromatic rings. The highest BCUT2D eigenvalue weighted by atomic mass is 32.2. The number of rotatable bonds is 3. The highest BCUT2D eigenvalue weighted by Gasteiger charge is 2.38. The number of aromatic nitrogens is 2. The van der Waals surface area contributed by atoms with E-state index in [-0.39, 0.29) is 11.6 Å². The van der Waals surface area contributed by atoms with Crippen molar-refractivity contribution in [3.63, 3.8) is 0 Å². The largest absolute Gasteiger partial charge is 0.370 e. The fraction of sp³-hybridized carbons (Fsp3) is 0.500. The van der Waals surface area contributed by atoms with Crippen LogP contribution in [0.25, 0.3) is 0 Å². The van der Waals surface area contributed by atoms with Crippen molar-refractivity contribution in [3.05, 3.63) is 52.3 Å². The van der Waals surface area contributed by atoms with Gasteiger partial charge in [0.2, 0.25) is 0 Å². The van der Waals surface area contributed by atoms with Gasteiger partial charge in [0.1, 0.15) is 17.7 Å². The zero-order chi connectivity index (χ0) is 20.2. The quantitative estimate of drug-likeness (QED) is 0.821. The molecule has 7 nitrogen and oxygen atoms in total. The zero-order valence-corrected chi connectivity index (χ0v) is 16.4. The monoisotopic (exact) mass is 412 g/mol. The lowest BCUT2D eigenvalue weighted by atomic mass is 9.93. The number of hydrogen-bond acceptors (Lipinski definition) is 6. The highest BCUT2D eigenvalue weighted by molar-refractivity contribution is 7.89. The normalized spacial score (nSPS) is 25.8. The fourth-order valence-electron chi connectivity index (χ4n) is 4.09. The number of hydrogen-bond donors (Lipinski definition) is 1. The van der Waals surface area contributed by atoms with Gasteiger partial charge in [0.25, 0.3) is 10.0 Å². The molecule has 2 aliphatic heterocycles. The molecule has 10 heteroatoms. The predicted molar refractivity (Wildman–Crippen MR) is 97.9 cm³/mol. The first-order chi connectivity index (χ1) is 13.1. The van der Waals surface area contributed by atoms with Gasteiger partial charge in [-0.15, -0.1) is 0 Å². The van der Waals surface area contributed by atoms with E-state index in [1.165, 1.54) is 0 Å². The van der Waals surface area contributed by atoms with Crippen LogP contribution in [-0.2, 0) is 27.8 Å². The summed E-state index contributed by atoms with van der Waals surface area (Å²) in [5.74, 6) is -1.07. The van der Waals surface area contributed by atoms with Crippen LogP contribution in [0, 0.1) is 18.6 Å². The van der Waals surface area contributed by atoms with Gasteiger partial charge in [-0.25, -0.2) is 17.2 Å². The number of nitrogens with two attached hydrogens (primary N) is 1. The average molecular weight is 412 g/mol. The molecule has 1 saturated heterocycles. The van der Waals surface area contributed by atoms with Crippen molar-refractivity contribution in [2.24, 2.45) is 5.73 Å². The van der Waals surface area contributed by atoms with E-state index in [2.05, 4.69) is 10.00 Å². The Balaban J connectivity index is 1.47. The summed E-state index contributed by atoms with van der Waals surface area (Å²) in [5.41, 5.74) is 8.62. The summed E-state index contributed by atoms with van der Waals surface area (Å²) in [5, 5.41) is 4.23. The second-order valence-corrected chi connectivity index (χ2v) is 9.31. The Morgan fingerprint density at radius 1 is 1.29 bits per heavy atom. The lowest BCUT2D eigenvalue weighted by Gasteiger charge is -2.38. The summed E-state index contributed by atoms with van der Waals surface area (Å²) >= 11 is 0. The lowest BCUT2D eigenvalue weighted by Crippen LogP contribution is -2.47. The van der Waals surface area contributed by atoms with Crippen molar-refractivity contribution in [2.45, 2.75) is 44.6 Å². The minimum atomic E-state index is -3.43. The van der Waals surface area contributed by atoms with Gasteiger partial charge < -0.3 is 10.5 Å². The molecule has 1 aromatic heterocycles. The predicted octanol–water partition coefficient (Wildman–Crippen LogP) is 1.45. The summed E-state index contributed by atoms with van der Waals surface area (Å²) in [6.45, 7) is 3.11. The Labute approximate surface area is 162 Å². The Morgan fingerprint density at radius 3 is 2.68 bits per heavy atom. The third-order valence-electron chi connectivity index (χ3n) is 5.49. The van der Waals surface area contributed by atoms with Crippen LogP contribution >= 0.6 is 0 Å². The van der Waals surface area contributed by atoms with Crippen molar-refractivity contribution < 1.29 is 21.9 Å². The highest BCUT2D eigenvalue weighted by Crippen LogP contribution is 2.34. The van der Waals surface area contributed by atoms with Gasteiger partial charge in [-0.3, -0.25) is 4.90 Å². The summed E-state index contributed by atoms with van der Waals surface area (Å²) in [4.78, 5) is 2.13. The molecule has 2 aliphatic rings. The first kappa shape index (κ1) is 19.4. The van der Waals surface area contributed by atoms with Crippen LogP contribution in [0.5, 0.6) is 0 Å². The number of fused-ring (bicyclic) bond motifs is 1. The van der Waals surface area contributed by atoms with Gasteiger partial charge in [-0.1, -0.05) is 0 Å². The molecule has 0 bridgehead atoms. The van der Waals surface area contributed by atoms with Gasteiger partial charge in [0, 0.05) is 36.3 Å². The van der Waals surface area contributed by atoms with Crippen LogP contribution in [-0.4, -0.2) is 47.4 Å². The van der Waals surface area contributed by atoms with Gasteiger partial charge in [-0.05, 0) is 31.5 Å². The summed E-state index contributed by atoms with van der Waals surface area (Å²) in [6.07, 6.45) is 0.975. The SMILES string of the molecule is Cc1c2c(nn1S(C)(=O)=O)CN([C@H]1CO[C@H](c3cc(F)ccc3F)[C@@H](N)C1)C2. The van der Waals surface area contributed by atoms with E-state index < -0.39 is 33.8 Å². The third kappa shape index (κ3) is 3.34. The van der Waals surface area contributed by atoms with Crippen LogP contribution in [0.4, 0.5) is 8.78 Å². The molecule has 0 amide bonds. The molecule has 3 heterocycles. The molecule has 0 spiro atoms. The van der Waals surface area contributed by atoms with Gasteiger partial charge in [0.05, 0.1) is 24.3 Å². The molecule has 1 aromatic carbocycles. The molecule has 0 saturated carbocycles. The van der Waals surface area contributed by atoms with Crippen LogP contribution in [0.15, 0.2) is 18.2 Å². The van der Waals surface area contributed by atoms with Crippen molar-refractivity contribution >= 4 is 10.0 Å². The number of benzene rings is 1. The van der Waals surface area contributed by atoms with Crippen molar-refractivity contribution in [3.8, 4) is 0 Å². The van der Waals surface area contributed by atoms with E-state index in [1.54, 1.807) is 6.92 Å². The molecule has 0 aliphatic carbocycles. The Morgan fingerprint density at radius 2 is 2.04 bits per heavy atom. The molecule has 1 fully saturated rings. The maximum Gasteiger partial charge on any atom is 0.251 e. The summed E-state index contributed by atoms with van der Waals surface area (Å²) < 4.78 is 58.1. The minimum Gasteiger partial charge on any atom is -0.370 e. The third-order valence-corrected chi connectivity index (χ3v) is 6.48. The molecular weight excluding hydrogens is 390 g/mol. The Bertz CT molecular complexity index is 1020. The molecule has 4 rings (SSSR count). The summed E-state index contributed by atoms with van der Waals surface area (Å²) in [7, 11) is -3.43. The molecule has 2 N–H and O–H groups in total. The first-order valence-corrected chi connectivity index (χ1v) is 10.8. The average Bonchev–Trinajstić information content (AvgIpc) is 3.17. The zero-order valence-electron chi connectivity index (χ0n) is 15.6. The maximum absolute atomic E-state index is 14.1. The van der Waals surface area contributed by atoms with Crippen molar-refractivity contribution in [1.82, 2.24) is 14.1 Å². The lowest BCUT2D eigenvalue weighted by molar-refractivity contribution is -0.0533. The van der Waals surface area contributed by atoms with Gasteiger partial charge in [0.15, 0.2) is 0 Å². The molecule has 28 heavy (non-hydrogen) atoms. The van der Waals surface area contributed by atoms with E-state index in [4.69, 9.17) is 10.5 Å². The van der Waals surface area contributed by atoms with E-state index >= 15 is 0 Å². The van der Waals surface area contributed by atoms with Crippen molar-refractivity contribution in [2.75, 3.05) is 12.9 Å². The van der Waals surface area contributed by atoms with Crippen LogP contribution < -0.4 is 5.73 Å². The topological polar surface area (TPSA) is 90.5 Å². The standard InChI is InChI=1S/C18H22F2N4O3S/c1-10-14-7-23(8-17(14)22-24(10)28(2,25)26)12-6-16(21)18(27-9-12)13-5-11(19)3-4-15(13)20/h3-5,12,16,18H,6-9,21H2,1-2H3/t12-,16+,18-/m1/s1. The molecular formula is C18H22F2N4O3S. The maximum atomic E-state index is 14.1. The smallest absolute Gasteiger partial charge is 0.251 e. The Hall–Kier alpha value is -1.88. The Kier molecular flexibility index (Phi) is 4.77. The number of ether oxygens (including phenoxy) is 1. The second kappa shape index (κ2) is 6.87. The van der Waals surface area contributed by atoms with Crippen molar-refractivity contribution in [1.29, 1.82) is 0 Å². The number of halogens is 2. The van der Waals surface area contributed by atoms with E-state index in [0.717, 1.165) is 39.8 Å². The number of nitrogens with zero attached hydrogens (tertiary/aromatic N) is 3. The molecule has 3 atom stereocenters. The van der Waals surface area contributed by atoms with E-state index in [9.17, 15) is 17.2 Å². The van der Waals surface area contributed by atoms with Gasteiger partial charge >= 0.3 is 0 Å². The first-order valence-electron chi connectivity index (χ1n) is 8.99. The van der Waals surface area contributed by atoms with Crippen LogP contribution in [0.2, 0.25) is 0 Å².